The first-order chi connectivity index (χ1) is 6.27. The van der Waals surface area contributed by atoms with E-state index in [0.717, 1.165) is 11.5 Å². The molecule has 0 unspecified atom stereocenters. The number of hydrogen-bond acceptors (Lipinski definition) is 0. The second-order valence-electron chi connectivity index (χ2n) is 3.27. The third kappa shape index (κ3) is 1.68. The minimum atomic E-state index is 0.843. The molecule has 0 bridgehead atoms. The predicted molar refractivity (Wildman–Crippen MR) is 57.8 cm³/mol. The molecule has 0 spiro atoms. The van der Waals surface area contributed by atoms with E-state index < -0.39 is 0 Å². The van der Waals surface area contributed by atoms with E-state index in [-0.39, 0.29) is 0 Å². The fourth-order valence-electron chi connectivity index (χ4n) is 1.61. The van der Waals surface area contributed by atoms with Crippen molar-refractivity contribution in [3.63, 3.8) is 0 Å². The van der Waals surface area contributed by atoms with Gasteiger partial charge in [0, 0.05) is 11.5 Å². The standard InChI is InChI=1S/C12H11Cl/c1-9-8-11(13)7-6-10-4-2-3-5-12(9)10/h2-6,8H,7H2,1H3. The fraction of sp³-hybridized carbons (Fsp3) is 0.167. The van der Waals surface area contributed by atoms with Crippen LogP contribution in [0.4, 0.5) is 0 Å². The lowest BCUT2D eigenvalue weighted by Gasteiger charge is -1.92. The molecule has 0 nitrogen and oxygen atoms in total. The summed E-state index contributed by atoms with van der Waals surface area (Å²) in [5.74, 6) is 0. The van der Waals surface area contributed by atoms with E-state index in [4.69, 9.17) is 11.6 Å². The van der Waals surface area contributed by atoms with Crippen LogP contribution >= 0.6 is 11.6 Å². The van der Waals surface area contributed by atoms with E-state index in [1.165, 1.54) is 16.0 Å². The molecule has 0 saturated carbocycles. The van der Waals surface area contributed by atoms with Crippen LogP contribution < -0.4 is 10.4 Å². The molecule has 0 aromatic heterocycles. The highest BCUT2D eigenvalue weighted by Crippen LogP contribution is 2.12. The van der Waals surface area contributed by atoms with Gasteiger partial charge in [-0.05, 0) is 29.0 Å². The first-order valence-electron chi connectivity index (χ1n) is 4.39. The number of allylic oxidation sites excluding steroid dienone is 2. The summed E-state index contributed by atoms with van der Waals surface area (Å²) >= 11 is 6.02. The Morgan fingerprint density at radius 1 is 1.23 bits per heavy atom. The summed E-state index contributed by atoms with van der Waals surface area (Å²) in [5.41, 5.74) is 1.24. The van der Waals surface area contributed by atoms with Gasteiger partial charge in [-0.2, -0.15) is 0 Å². The van der Waals surface area contributed by atoms with Crippen LogP contribution in [0, 0.1) is 0 Å². The van der Waals surface area contributed by atoms with Gasteiger partial charge in [-0.15, -0.1) is 0 Å². The molecular formula is C12H11Cl. The molecule has 0 saturated heterocycles. The molecule has 1 aromatic carbocycles. The molecule has 1 aromatic rings. The van der Waals surface area contributed by atoms with Crippen molar-refractivity contribution in [1.82, 2.24) is 0 Å². The van der Waals surface area contributed by atoms with Gasteiger partial charge < -0.3 is 0 Å². The topological polar surface area (TPSA) is 0 Å². The normalized spacial score (nSPS) is 15.5. The molecule has 13 heavy (non-hydrogen) atoms. The Labute approximate surface area is 82.8 Å². The Hall–Kier alpha value is -1.01. The highest BCUT2D eigenvalue weighted by molar-refractivity contribution is 6.30. The van der Waals surface area contributed by atoms with Gasteiger partial charge in [0.15, 0.2) is 0 Å². The van der Waals surface area contributed by atoms with Gasteiger partial charge in [-0.3, -0.25) is 0 Å². The van der Waals surface area contributed by atoms with Crippen LogP contribution in [0.5, 0.6) is 0 Å². The van der Waals surface area contributed by atoms with Crippen molar-refractivity contribution in [2.45, 2.75) is 13.3 Å². The Morgan fingerprint density at radius 2 is 2.00 bits per heavy atom. The summed E-state index contributed by atoms with van der Waals surface area (Å²) in [6.07, 6.45) is 5.06. The summed E-state index contributed by atoms with van der Waals surface area (Å²) in [6.45, 7) is 2.10. The first kappa shape index (κ1) is 8.58. The second-order valence-corrected chi connectivity index (χ2v) is 3.76. The third-order valence-corrected chi connectivity index (χ3v) is 2.54. The summed E-state index contributed by atoms with van der Waals surface area (Å²) < 4.78 is 0. The molecule has 0 fully saturated rings. The van der Waals surface area contributed by atoms with Crippen molar-refractivity contribution in [3.05, 3.63) is 45.8 Å². The first-order valence-corrected chi connectivity index (χ1v) is 4.77. The maximum Gasteiger partial charge on any atom is 0.0221 e. The molecule has 1 aliphatic rings. The van der Waals surface area contributed by atoms with Crippen LogP contribution in [0.15, 0.2) is 35.4 Å². The lowest BCUT2D eigenvalue weighted by Crippen LogP contribution is -2.24. The molecule has 1 aliphatic carbocycles. The molecule has 1 heteroatoms. The Balaban J connectivity index is 2.83. The van der Waals surface area contributed by atoms with Gasteiger partial charge >= 0.3 is 0 Å². The second kappa shape index (κ2) is 3.39. The lowest BCUT2D eigenvalue weighted by molar-refractivity contribution is 1.42. The average Bonchev–Trinajstić information content (AvgIpc) is 2.27. The van der Waals surface area contributed by atoms with Crippen LogP contribution in [-0.4, -0.2) is 0 Å². The number of fused-ring (bicyclic) bond motifs is 1. The van der Waals surface area contributed by atoms with Gasteiger partial charge in [-0.25, -0.2) is 0 Å². The predicted octanol–water partition coefficient (Wildman–Crippen LogP) is 2.16. The number of halogens is 1. The van der Waals surface area contributed by atoms with E-state index in [9.17, 15) is 0 Å². The van der Waals surface area contributed by atoms with Crippen molar-refractivity contribution in [3.8, 4) is 0 Å². The number of benzene rings is 1. The summed E-state index contributed by atoms with van der Waals surface area (Å²) in [5, 5.41) is 3.48. The van der Waals surface area contributed by atoms with Crippen molar-refractivity contribution in [1.29, 1.82) is 0 Å². The largest absolute Gasteiger partial charge is 0.0888 e. The zero-order valence-corrected chi connectivity index (χ0v) is 8.31. The zero-order chi connectivity index (χ0) is 9.26. The third-order valence-electron chi connectivity index (χ3n) is 2.28. The van der Waals surface area contributed by atoms with Gasteiger partial charge in [0.1, 0.15) is 0 Å². The molecule has 0 atom stereocenters. The zero-order valence-electron chi connectivity index (χ0n) is 7.55. The molecule has 0 N–H and O–H groups in total. The van der Waals surface area contributed by atoms with Crippen molar-refractivity contribution in [2.75, 3.05) is 0 Å². The van der Waals surface area contributed by atoms with E-state index in [1.54, 1.807) is 0 Å². The number of rotatable bonds is 0. The van der Waals surface area contributed by atoms with Gasteiger partial charge in [-0.1, -0.05) is 41.9 Å². The van der Waals surface area contributed by atoms with Crippen molar-refractivity contribution >= 4 is 23.3 Å². The highest BCUT2D eigenvalue weighted by Gasteiger charge is 1.97. The minimum absolute atomic E-state index is 0.843. The quantitative estimate of drug-likeness (QED) is 0.588. The van der Waals surface area contributed by atoms with Crippen LogP contribution in [0.2, 0.25) is 0 Å². The highest BCUT2D eigenvalue weighted by atomic mass is 35.5. The minimum Gasteiger partial charge on any atom is -0.0888 e. The maximum atomic E-state index is 6.02. The summed E-state index contributed by atoms with van der Waals surface area (Å²) in [7, 11) is 0. The summed E-state index contributed by atoms with van der Waals surface area (Å²) in [4.78, 5) is 0. The van der Waals surface area contributed by atoms with Crippen molar-refractivity contribution < 1.29 is 0 Å². The molecule has 0 heterocycles. The lowest BCUT2D eigenvalue weighted by atomic mass is 10.1. The SMILES string of the molecule is CC1=c2ccccc2=CCC(Cl)=C1. The van der Waals surface area contributed by atoms with E-state index in [2.05, 4.69) is 37.3 Å². The summed E-state index contributed by atoms with van der Waals surface area (Å²) in [6, 6.07) is 8.38. The van der Waals surface area contributed by atoms with Crippen LogP contribution in [-0.2, 0) is 0 Å². The molecular weight excluding hydrogens is 180 g/mol. The van der Waals surface area contributed by atoms with E-state index in [1.807, 2.05) is 6.08 Å². The Bertz CT molecular complexity index is 466. The Kier molecular flexibility index (Phi) is 2.24. The Morgan fingerprint density at radius 3 is 2.85 bits per heavy atom. The molecule has 2 rings (SSSR count). The van der Waals surface area contributed by atoms with Crippen LogP contribution in [0.25, 0.3) is 11.6 Å². The monoisotopic (exact) mass is 190 g/mol. The van der Waals surface area contributed by atoms with Crippen molar-refractivity contribution in [2.24, 2.45) is 0 Å². The van der Waals surface area contributed by atoms with Gasteiger partial charge in [0.05, 0.1) is 0 Å². The molecule has 0 amide bonds. The smallest absolute Gasteiger partial charge is 0.0221 e. The number of hydrogen-bond donors (Lipinski definition) is 0. The van der Waals surface area contributed by atoms with Gasteiger partial charge in [0.25, 0.3) is 0 Å². The van der Waals surface area contributed by atoms with E-state index >= 15 is 0 Å². The van der Waals surface area contributed by atoms with E-state index in [0.29, 0.717) is 0 Å². The maximum absolute atomic E-state index is 6.02. The fourth-order valence-corrected chi connectivity index (χ4v) is 1.85. The molecule has 0 radical (unpaired) electrons. The molecule has 0 aliphatic heterocycles. The average molecular weight is 191 g/mol. The van der Waals surface area contributed by atoms with Crippen LogP contribution in [0.3, 0.4) is 0 Å². The van der Waals surface area contributed by atoms with Crippen LogP contribution in [0.1, 0.15) is 13.3 Å². The molecule has 66 valence electrons. The van der Waals surface area contributed by atoms with Gasteiger partial charge in [0.2, 0.25) is 0 Å².